The monoisotopic (exact) mass is 335 g/mol. The van der Waals surface area contributed by atoms with Crippen LogP contribution in [0.25, 0.3) is 0 Å². The molecule has 2 rings (SSSR count). The Morgan fingerprint density at radius 2 is 2.21 bits per heavy atom. The smallest absolute Gasteiger partial charge is 0.191 e. The summed E-state index contributed by atoms with van der Waals surface area (Å²) in [7, 11) is 0. The highest BCUT2D eigenvalue weighted by Gasteiger charge is 2.20. The third-order valence-corrected chi connectivity index (χ3v) is 4.15. The van der Waals surface area contributed by atoms with Crippen LogP contribution in [0.3, 0.4) is 0 Å². The molecule has 1 heterocycles. The summed E-state index contributed by atoms with van der Waals surface area (Å²) < 4.78 is 7.84. The molecule has 136 valence electrons. The summed E-state index contributed by atoms with van der Waals surface area (Å²) in [5.41, 5.74) is 0. The van der Waals surface area contributed by atoms with Crippen molar-refractivity contribution >= 4 is 5.96 Å². The number of imidazole rings is 1. The van der Waals surface area contributed by atoms with E-state index in [1.54, 1.807) is 0 Å². The molecule has 24 heavy (non-hydrogen) atoms. The predicted octanol–water partition coefficient (Wildman–Crippen LogP) is 2.34. The van der Waals surface area contributed by atoms with Gasteiger partial charge in [-0.15, -0.1) is 0 Å². The van der Waals surface area contributed by atoms with E-state index in [-0.39, 0.29) is 0 Å². The molecule has 0 amide bonds. The molecule has 0 spiro atoms. The van der Waals surface area contributed by atoms with Crippen LogP contribution in [0.1, 0.15) is 44.9 Å². The predicted molar refractivity (Wildman–Crippen MR) is 98.3 cm³/mol. The molecule has 2 N–H and O–H groups in total. The van der Waals surface area contributed by atoms with Crippen LogP contribution in [0, 0.1) is 12.8 Å². The van der Waals surface area contributed by atoms with Crippen LogP contribution in [0.2, 0.25) is 0 Å². The Hall–Kier alpha value is -1.56. The first kappa shape index (κ1) is 18.8. The molecule has 1 saturated carbocycles. The zero-order valence-corrected chi connectivity index (χ0v) is 15.3. The molecule has 1 fully saturated rings. The standard InChI is InChI=1S/C18H33N5O/c1-3-19-18(22-10-6-14-24-15-17-7-8-17)21-9-4-5-12-23-13-11-20-16(23)2/h11,13,17H,3-10,12,14-15H2,1-2H3,(H2,19,21,22). The van der Waals surface area contributed by atoms with E-state index >= 15 is 0 Å². The number of hydrogen-bond acceptors (Lipinski definition) is 3. The third-order valence-electron chi connectivity index (χ3n) is 4.15. The fourth-order valence-electron chi connectivity index (χ4n) is 2.49. The van der Waals surface area contributed by atoms with E-state index in [9.17, 15) is 0 Å². The minimum Gasteiger partial charge on any atom is -0.381 e. The molecule has 1 aliphatic rings. The molecule has 0 unspecified atom stereocenters. The fraction of sp³-hybridized carbons (Fsp3) is 0.778. The minimum atomic E-state index is 0.814. The molecule has 0 saturated heterocycles. The number of nitrogens with one attached hydrogen (secondary N) is 2. The first-order valence-corrected chi connectivity index (χ1v) is 9.37. The molecule has 1 aromatic rings. The highest BCUT2D eigenvalue weighted by Crippen LogP contribution is 2.28. The molecular weight excluding hydrogens is 302 g/mol. The Bertz CT molecular complexity index is 482. The highest BCUT2D eigenvalue weighted by molar-refractivity contribution is 5.79. The quantitative estimate of drug-likeness (QED) is 0.350. The lowest BCUT2D eigenvalue weighted by Crippen LogP contribution is -2.38. The molecule has 0 aromatic carbocycles. The Morgan fingerprint density at radius 1 is 1.33 bits per heavy atom. The lowest BCUT2D eigenvalue weighted by atomic mass is 10.3. The van der Waals surface area contributed by atoms with Crippen molar-refractivity contribution in [2.75, 3.05) is 32.8 Å². The van der Waals surface area contributed by atoms with Crippen LogP contribution in [0.15, 0.2) is 17.4 Å². The summed E-state index contributed by atoms with van der Waals surface area (Å²) in [5.74, 6) is 2.85. The molecule has 0 radical (unpaired) electrons. The molecule has 6 heteroatoms. The minimum absolute atomic E-state index is 0.814. The van der Waals surface area contributed by atoms with Crippen molar-refractivity contribution in [3.63, 3.8) is 0 Å². The molecule has 1 aliphatic carbocycles. The second kappa shape index (κ2) is 11.1. The lowest BCUT2D eigenvalue weighted by molar-refractivity contribution is 0.123. The number of aliphatic imine (C=N–C) groups is 1. The zero-order chi connectivity index (χ0) is 17.0. The number of aromatic nitrogens is 2. The number of aryl methyl sites for hydroxylation is 2. The summed E-state index contributed by atoms with van der Waals surface area (Å²) in [4.78, 5) is 8.85. The van der Waals surface area contributed by atoms with Crippen molar-refractivity contribution in [3.05, 3.63) is 18.2 Å². The average Bonchev–Trinajstić information content (AvgIpc) is 3.31. The van der Waals surface area contributed by atoms with Crippen molar-refractivity contribution in [1.82, 2.24) is 20.2 Å². The summed E-state index contributed by atoms with van der Waals surface area (Å²) >= 11 is 0. The number of guanidine groups is 1. The van der Waals surface area contributed by atoms with Gasteiger partial charge in [0.15, 0.2) is 5.96 Å². The summed E-state index contributed by atoms with van der Waals surface area (Å²) in [6.07, 6.45) is 9.85. The maximum atomic E-state index is 5.64. The van der Waals surface area contributed by atoms with Gasteiger partial charge in [0.25, 0.3) is 0 Å². The number of ether oxygens (including phenoxy) is 1. The number of rotatable bonds is 12. The highest BCUT2D eigenvalue weighted by atomic mass is 16.5. The fourth-order valence-corrected chi connectivity index (χ4v) is 2.49. The maximum absolute atomic E-state index is 5.64. The van der Waals surface area contributed by atoms with E-state index in [0.717, 1.165) is 76.4 Å². The molecule has 6 nitrogen and oxygen atoms in total. The summed E-state index contributed by atoms with van der Waals surface area (Å²) in [5, 5.41) is 6.71. The van der Waals surface area contributed by atoms with Gasteiger partial charge >= 0.3 is 0 Å². The van der Waals surface area contributed by atoms with Crippen molar-refractivity contribution in [1.29, 1.82) is 0 Å². The van der Waals surface area contributed by atoms with Crippen LogP contribution in [0.4, 0.5) is 0 Å². The van der Waals surface area contributed by atoms with Gasteiger partial charge in [0, 0.05) is 51.8 Å². The van der Waals surface area contributed by atoms with Crippen LogP contribution >= 0.6 is 0 Å². The largest absolute Gasteiger partial charge is 0.381 e. The van der Waals surface area contributed by atoms with Gasteiger partial charge in [-0.3, -0.25) is 4.99 Å². The topological polar surface area (TPSA) is 63.5 Å². The van der Waals surface area contributed by atoms with Gasteiger partial charge in [0.1, 0.15) is 5.82 Å². The third kappa shape index (κ3) is 7.81. The number of unbranched alkanes of at least 4 members (excludes halogenated alkanes) is 1. The second-order valence-corrected chi connectivity index (χ2v) is 6.43. The summed E-state index contributed by atoms with van der Waals surface area (Å²) in [6.45, 7) is 9.58. The molecule has 0 aliphatic heterocycles. The van der Waals surface area contributed by atoms with E-state index in [4.69, 9.17) is 4.74 Å². The van der Waals surface area contributed by atoms with Gasteiger partial charge in [-0.05, 0) is 51.9 Å². The normalized spacial score (nSPS) is 14.8. The number of hydrogen-bond donors (Lipinski definition) is 2. The van der Waals surface area contributed by atoms with E-state index < -0.39 is 0 Å². The summed E-state index contributed by atoms with van der Waals surface area (Å²) in [6, 6.07) is 0. The molecule has 0 atom stereocenters. The van der Waals surface area contributed by atoms with Crippen molar-refractivity contribution < 1.29 is 4.74 Å². The maximum Gasteiger partial charge on any atom is 0.191 e. The van der Waals surface area contributed by atoms with Crippen molar-refractivity contribution in [2.45, 2.75) is 52.5 Å². The van der Waals surface area contributed by atoms with Crippen LogP contribution in [-0.4, -0.2) is 48.4 Å². The van der Waals surface area contributed by atoms with E-state index in [1.807, 2.05) is 19.3 Å². The number of nitrogens with zero attached hydrogens (tertiary/aromatic N) is 3. The molecular formula is C18H33N5O. The van der Waals surface area contributed by atoms with Crippen LogP contribution < -0.4 is 10.6 Å². The van der Waals surface area contributed by atoms with Gasteiger partial charge < -0.3 is 19.9 Å². The van der Waals surface area contributed by atoms with Gasteiger partial charge in [0.05, 0.1) is 0 Å². The Morgan fingerprint density at radius 3 is 2.92 bits per heavy atom. The van der Waals surface area contributed by atoms with E-state index in [2.05, 4.69) is 32.1 Å². The van der Waals surface area contributed by atoms with Crippen molar-refractivity contribution in [3.8, 4) is 0 Å². The second-order valence-electron chi connectivity index (χ2n) is 6.43. The Kier molecular flexibility index (Phi) is 8.66. The Labute approximate surface area is 146 Å². The van der Waals surface area contributed by atoms with Gasteiger partial charge in [-0.25, -0.2) is 4.98 Å². The van der Waals surface area contributed by atoms with Gasteiger partial charge in [-0.1, -0.05) is 0 Å². The SMILES string of the molecule is CCNC(=NCCCOCC1CC1)NCCCCn1ccnc1C. The molecule has 1 aromatic heterocycles. The average molecular weight is 335 g/mol. The van der Waals surface area contributed by atoms with Gasteiger partial charge in [-0.2, -0.15) is 0 Å². The van der Waals surface area contributed by atoms with Crippen LogP contribution in [0.5, 0.6) is 0 Å². The molecule has 0 bridgehead atoms. The Balaban J connectivity index is 1.52. The lowest BCUT2D eigenvalue weighted by Gasteiger charge is -2.11. The first-order valence-electron chi connectivity index (χ1n) is 9.37. The van der Waals surface area contributed by atoms with E-state index in [0.29, 0.717) is 0 Å². The van der Waals surface area contributed by atoms with Crippen molar-refractivity contribution in [2.24, 2.45) is 10.9 Å². The van der Waals surface area contributed by atoms with Gasteiger partial charge in [0.2, 0.25) is 0 Å². The first-order chi connectivity index (χ1) is 11.8. The zero-order valence-electron chi connectivity index (χ0n) is 15.3. The van der Waals surface area contributed by atoms with Crippen LogP contribution in [-0.2, 0) is 11.3 Å². The van der Waals surface area contributed by atoms with E-state index in [1.165, 1.54) is 12.8 Å².